The van der Waals surface area contributed by atoms with E-state index in [4.69, 9.17) is 0 Å². The Bertz CT molecular complexity index is 710. The molecule has 1 aliphatic rings. The van der Waals surface area contributed by atoms with Crippen LogP contribution in [0.3, 0.4) is 0 Å². The van der Waals surface area contributed by atoms with Crippen LogP contribution in [0.15, 0.2) is 53.0 Å². The van der Waals surface area contributed by atoms with E-state index in [1.165, 1.54) is 4.90 Å². The van der Waals surface area contributed by atoms with E-state index >= 15 is 0 Å². The second-order valence-corrected chi connectivity index (χ2v) is 6.23. The molecule has 3 rings (SSSR count). The fourth-order valence-electron chi connectivity index (χ4n) is 2.46. The van der Waals surface area contributed by atoms with E-state index in [-0.39, 0.29) is 18.2 Å². The predicted molar refractivity (Wildman–Crippen MR) is 89.8 cm³/mol. The van der Waals surface area contributed by atoms with Crippen molar-refractivity contribution in [3.05, 3.63) is 58.6 Å². The number of hydrogen-bond acceptors (Lipinski definition) is 3. The van der Waals surface area contributed by atoms with Gasteiger partial charge in [-0.3, -0.25) is 9.59 Å². The lowest BCUT2D eigenvalue weighted by Gasteiger charge is -2.16. The maximum atomic E-state index is 12.5. The molecule has 22 heavy (non-hydrogen) atoms. The van der Waals surface area contributed by atoms with Crippen LogP contribution in [0.25, 0.3) is 0 Å². The van der Waals surface area contributed by atoms with Gasteiger partial charge < -0.3 is 5.32 Å². The zero-order chi connectivity index (χ0) is 15.7. The summed E-state index contributed by atoms with van der Waals surface area (Å²) in [5.74, 6) is -0.398. The standard InChI is InChI=1S/C17H15BrN2O2/c1-11-2-6-13(7-3-11)19-15-10-16(21)20(17(15)22)14-8-4-12(18)5-9-14/h2-9,15,19H,10H2,1H3/t15-/m0/s1. The third-order valence-corrected chi connectivity index (χ3v) is 4.15. The summed E-state index contributed by atoms with van der Waals surface area (Å²) in [6, 6.07) is 14.4. The Morgan fingerprint density at radius 2 is 1.68 bits per heavy atom. The summed E-state index contributed by atoms with van der Waals surface area (Å²) in [5, 5.41) is 3.14. The third kappa shape index (κ3) is 2.90. The second-order valence-electron chi connectivity index (χ2n) is 5.31. The molecule has 0 unspecified atom stereocenters. The van der Waals surface area contributed by atoms with Gasteiger partial charge >= 0.3 is 0 Å². The highest BCUT2D eigenvalue weighted by Gasteiger charge is 2.39. The summed E-state index contributed by atoms with van der Waals surface area (Å²) in [6.45, 7) is 2.00. The van der Waals surface area contributed by atoms with Crippen LogP contribution in [0, 0.1) is 6.92 Å². The Labute approximate surface area is 137 Å². The minimum atomic E-state index is -0.515. The normalized spacial score (nSPS) is 17.9. The molecule has 0 spiro atoms. The van der Waals surface area contributed by atoms with Crippen molar-refractivity contribution in [2.75, 3.05) is 10.2 Å². The Morgan fingerprint density at radius 3 is 2.32 bits per heavy atom. The highest BCUT2D eigenvalue weighted by atomic mass is 79.9. The van der Waals surface area contributed by atoms with Gasteiger partial charge in [-0.1, -0.05) is 33.6 Å². The topological polar surface area (TPSA) is 49.4 Å². The van der Waals surface area contributed by atoms with Gasteiger partial charge in [0, 0.05) is 10.2 Å². The summed E-state index contributed by atoms with van der Waals surface area (Å²) in [7, 11) is 0. The molecule has 0 saturated carbocycles. The predicted octanol–water partition coefficient (Wildman–Crippen LogP) is 3.50. The van der Waals surface area contributed by atoms with E-state index in [1.807, 2.05) is 43.3 Å². The molecule has 0 aromatic heterocycles. The molecule has 1 fully saturated rings. The number of rotatable bonds is 3. The summed E-state index contributed by atoms with van der Waals surface area (Å²) < 4.78 is 0.907. The lowest BCUT2D eigenvalue weighted by atomic mass is 10.2. The first-order valence-electron chi connectivity index (χ1n) is 7.00. The maximum Gasteiger partial charge on any atom is 0.256 e. The van der Waals surface area contributed by atoms with Gasteiger partial charge in [0.2, 0.25) is 5.91 Å². The van der Waals surface area contributed by atoms with Gasteiger partial charge in [-0.05, 0) is 43.3 Å². The maximum absolute atomic E-state index is 12.5. The molecule has 1 atom stereocenters. The molecule has 0 radical (unpaired) electrons. The zero-order valence-corrected chi connectivity index (χ0v) is 13.6. The van der Waals surface area contributed by atoms with Crippen molar-refractivity contribution < 1.29 is 9.59 Å². The monoisotopic (exact) mass is 358 g/mol. The molecule has 0 aliphatic carbocycles. The van der Waals surface area contributed by atoms with E-state index in [1.54, 1.807) is 12.1 Å². The van der Waals surface area contributed by atoms with Gasteiger partial charge in [0.05, 0.1) is 12.1 Å². The number of nitrogens with one attached hydrogen (secondary N) is 1. The van der Waals surface area contributed by atoms with Gasteiger partial charge in [-0.25, -0.2) is 4.90 Å². The van der Waals surface area contributed by atoms with Crippen LogP contribution in [0.5, 0.6) is 0 Å². The van der Waals surface area contributed by atoms with Gasteiger partial charge in [-0.2, -0.15) is 0 Å². The molecule has 0 bridgehead atoms. The molecule has 1 aliphatic heterocycles. The quantitative estimate of drug-likeness (QED) is 0.854. The Kier molecular flexibility index (Phi) is 3.98. The number of anilines is 2. The van der Waals surface area contributed by atoms with Crippen molar-refractivity contribution in [1.29, 1.82) is 0 Å². The SMILES string of the molecule is Cc1ccc(N[C@H]2CC(=O)N(c3ccc(Br)cc3)C2=O)cc1. The minimum Gasteiger partial charge on any atom is -0.373 e. The van der Waals surface area contributed by atoms with Crippen molar-refractivity contribution in [1.82, 2.24) is 0 Å². The van der Waals surface area contributed by atoms with Crippen molar-refractivity contribution in [2.45, 2.75) is 19.4 Å². The molecule has 2 aromatic carbocycles. The summed E-state index contributed by atoms with van der Waals surface area (Å²) in [4.78, 5) is 25.9. The van der Waals surface area contributed by atoms with E-state index in [0.717, 1.165) is 15.7 Å². The van der Waals surface area contributed by atoms with E-state index in [9.17, 15) is 9.59 Å². The lowest BCUT2D eigenvalue weighted by molar-refractivity contribution is -0.121. The number of halogens is 1. The minimum absolute atomic E-state index is 0.169. The first-order valence-corrected chi connectivity index (χ1v) is 7.79. The average molecular weight is 359 g/mol. The molecule has 2 aromatic rings. The highest BCUT2D eigenvalue weighted by Crippen LogP contribution is 2.26. The zero-order valence-electron chi connectivity index (χ0n) is 12.0. The molecular weight excluding hydrogens is 344 g/mol. The van der Waals surface area contributed by atoms with E-state index in [0.29, 0.717) is 5.69 Å². The number of carbonyl (C=O) groups excluding carboxylic acids is 2. The van der Waals surface area contributed by atoms with Gasteiger partial charge in [0.15, 0.2) is 0 Å². The lowest BCUT2D eigenvalue weighted by Crippen LogP contribution is -2.34. The number of benzene rings is 2. The van der Waals surface area contributed by atoms with Gasteiger partial charge in [0.25, 0.3) is 5.91 Å². The number of nitrogens with zero attached hydrogens (tertiary/aromatic N) is 1. The molecule has 1 N–H and O–H groups in total. The largest absolute Gasteiger partial charge is 0.373 e. The smallest absolute Gasteiger partial charge is 0.256 e. The van der Waals surface area contributed by atoms with Crippen molar-refractivity contribution >= 4 is 39.1 Å². The van der Waals surface area contributed by atoms with Crippen LogP contribution in [-0.4, -0.2) is 17.9 Å². The number of aryl methyl sites for hydroxylation is 1. The summed E-state index contributed by atoms with van der Waals surface area (Å²) in [6.07, 6.45) is 0.169. The van der Waals surface area contributed by atoms with Crippen LogP contribution < -0.4 is 10.2 Å². The van der Waals surface area contributed by atoms with Gasteiger partial charge in [-0.15, -0.1) is 0 Å². The molecule has 5 heteroatoms. The Balaban J connectivity index is 1.79. The van der Waals surface area contributed by atoms with Crippen molar-refractivity contribution in [2.24, 2.45) is 0 Å². The molecule has 4 nitrogen and oxygen atoms in total. The highest BCUT2D eigenvalue weighted by molar-refractivity contribution is 9.10. The fraction of sp³-hybridized carbons (Fsp3) is 0.176. The molecular formula is C17H15BrN2O2. The molecule has 1 heterocycles. The first kappa shape index (κ1) is 14.8. The summed E-state index contributed by atoms with van der Waals surface area (Å²) in [5.41, 5.74) is 2.59. The van der Waals surface area contributed by atoms with Crippen molar-refractivity contribution in [3.8, 4) is 0 Å². The fourth-order valence-corrected chi connectivity index (χ4v) is 2.72. The van der Waals surface area contributed by atoms with Crippen LogP contribution in [-0.2, 0) is 9.59 Å². The third-order valence-electron chi connectivity index (χ3n) is 3.62. The van der Waals surface area contributed by atoms with E-state index in [2.05, 4.69) is 21.2 Å². The van der Waals surface area contributed by atoms with Crippen LogP contribution in [0.4, 0.5) is 11.4 Å². The van der Waals surface area contributed by atoms with E-state index < -0.39 is 6.04 Å². The number of imide groups is 1. The van der Waals surface area contributed by atoms with Crippen molar-refractivity contribution in [3.63, 3.8) is 0 Å². The number of hydrogen-bond donors (Lipinski definition) is 1. The Morgan fingerprint density at radius 1 is 1.05 bits per heavy atom. The van der Waals surface area contributed by atoms with Crippen LogP contribution in [0.2, 0.25) is 0 Å². The second kappa shape index (κ2) is 5.93. The van der Waals surface area contributed by atoms with Gasteiger partial charge in [0.1, 0.15) is 6.04 Å². The summed E-state index contributed by atoms with van der Waals surface area (Å²) >= 11 is 3.35. The average Bonchev–Trinajstić information content (AvgIpc) is 2.77. The van der Waals surface area contributed by atoms with Crippen LogP contribution in [0.1, 0.15) is 12.0 Å². The number of amides is 2. The molecule has 1 saturated heterocycles. The number of carbonyl (C=O) groups is 2. The van der Waals surface area contributed by atoms with Crippen LogP contribution >= 0.6 is 15.9 Å². The Hall–Kier alpha value is -2.14. The molecule has 112 valence electrons. The molecule has 2 amide bonds. The first-order chi connectivity index (χ1) is 10.5.